The number of allylic oxidation sites excluding steroid dienone is 1. The van der Waals surface area contributed by atoms with Crippen molar-refractivity contribution in [3.63, 3.8) is 0 Å². The van der Waals surface area contributed by atoms with Gasteiger partial charge in [-0.2, -0.15) is 0 Å². The summed E-state index contributed by atoms with van der Waals surface area (Å²) in [4.78, 5) is 0. The maximum Gasteiger partial charge on any atom is -0.00143 e. The molecule has 14 heavy (non-hydrogen) atoms. The van der Waals surface area contributed by atoms with Crippen molar-refractivity contribution >= 4 is 0 Å². The lowest BCUT2D eigenvalue weighted by Crippen LogP contribution is -2.13. The highest BCUT2D eigenvalue weighted by atomic mass is 14.8. The Hall–Kier alpha value is -0.300. The third-order valence-electron chi connectivity index (χ3n) is 2.83. The Labute approximate surface area is 90.0 Å². The van der Waals surface area contributed by atoms with Crippen LogP contribution in [0.4, 0.5) is 0 Å². The van der Waals surface area contributed by atoms with Gasteiger partial charge in [0.2, 0.25) is 0 Å². The zero-order chi connectivity index (χ0) is 10.8. The van der Waals surface area contributed by atoms with Crippen molar-refractivity contribution in [2.24, 2.45) is 5.92 Å². The van der Waals surface area contributed by atoms with Gasteiger partial charge in [-0.25, -0.2) is 0 Å². The van der Waals surface area contributed by atoms with Crippen molar-refractivity contribution in [1.82, 2.24) is 5.32 Å². The lowest BCUT2D eigenvalue weighted by Gasteiger charge is -2.12. The lowest BCUT2D eigenvalue weighted by atomic mass is 9.95. The minimum absolute atomic E-state index is 0.894. The molecule has 0 aliphatic heterocycles. The Balaban J connectivity index is 3.64. The van der Waals surface area contributed by atoms with Crippen LogP contribution in [0.25, 0.3) is 0 Å². The first-order chi connectivity index (χ1) is 6.74. The average molecular weight is 197 g/mol. The summed E-state index contributed by atoms with van der Waals surface area (Å²) in [5, 5.41) is 3.34. The van der Waals surface area contributed by atoms with E-state index in [1.807, 2.05) is 0 Å². The van der Waals surface area contributed by atoms with E-state index in [1.54, 1.807) is 5.57 Å². The lowest BCUT2D eigenvalue weighted by molar-refractivity contribution is 0.487. The zero-order valence-corrected chi connectivity index (χ0v) is 10.4. The van der Waals surface area contributed by atoms with Crippen LogP contribution in [0.1, 0.15) is 53.4 Å². The van der Waals surface area contributed by atoms with Gasteiger partial charge >= 0.3 is 0 Å². The molecule has 0 rings (SSSR count). The second kappa shape index (κ2) is 9.26. The van der Waals surface area contributed by atoms with Crippen LogP contribution in [0.5, 0.6) is 0 Å². The average Bonchev–Trinajstić information content (AvgIpc) is 2.21. The van der Waals surface area contributed by atoms with Gasteiger partial charge in [-0.3, -0.25) is 0 Å². The first-order valence-corrected chi connectivity index (χ1v) is 6.10. The van der Waals surface area contributed by atoms with Crippen LogP contribution >= 0.6 is 0 Å². The molecule has 0 fully saturated rings. The van der Waals surface area contributed by atoms with E-state index in [4.69, 9.17) is 0 Å². The van der Waals surface area contributed by atoms with E-state index < -0.39 is 0 Å². The summed E-state index contributed by atoms with van der Waals surface area (Å²) in [7, 11) is 0. The van der Waals surface area contributed by atoms with E-state index in [0.29, 0.717) is 0 Å². The summed E-state index contributed by atoms with van der Waals surface area (Å²) in [6.45, 7) is 11.2. The fourth-order valence-electron chi connectivity index (χ4n) is 1.71. The highest BCUT2D eigenvalue weighted by molar-refractivity contribution is 4.99. The van der Waals surface area contributed by atoms with Gasteiger partial charge in [-0.05, 0) is 38.8 Å². The summed E-state index contributed by atoms with van der Waals surface area (Å²) in [5.41, 5.74) is 1.57. The smallest absolute Gasteiger partial charge is 0.00143 e. The molecule has 0 radical (unpaired) electrons. The van der Waals surface area contributed by atoms with Crippen LogP contribution in [0, 0.1) is 5.92 Å². The minimum atomic E-state index is 0.894. The van der Waals surface area contributed by atoms with Crippen LogP contribution in [-0.4, -0.2) is 13.1 Å². The van der Waals surface area contributed by atoms with E-state index >= 15 is 0 Å². The Kier molecular flexibility index (Phi) is 9.06. The van der Waals surface area contributed by atoms with E-state index in [-0.39, 0.29) is 0 Å². The predicted octanol–water partition coefficient (Wildman–Crippen LogP) is 3.76. The van der Waals surface area contributed by atoms with E-state index in [1.165, 1.54) is 25.7 Å². The van der Waals surface area contributed by atoms with Crippen molar-refractivity contribution in [3.8, 4) is 0 Å². The van der Waals surface area contributed by atoms with Crippen molar-refractivity contribution in [2.75, 3.05) is 13.1 Å². The third kappa shape index (κ3) is 7.14. The molecule has 1 heteroatoms. The van der Waals surface area contributed by atoms with Gasteiger partial charge in [0.25, 0.3) is 0 Å². The molecule has 0 aromatic carbocycles. The topological polar surface area (TPSA) is 12.0 Å². The Bertz CT molecular complexity index is 145. The second-order valence-corrected chi connectivity index (χ2v) is 4.08. The van der Waals surface area contributed by atoms with Crippen LogP contribution in [0.15, 0.2) is 11.6 Å². The molecule has 0 heterocycles. The van der Waals surface area contributed by atoms with Crippen LogP contribution in [-0.2, 0) is 0 Å². The standard InChI is InChI=1S/C13H27N/c1-5-13(6-2)11-12(4)9-8-10-14-7-3/h9,13-14H,5-8,10-11H2,1-4H3/b12-9-. The van der Waals surface area contributed by atoms with Crippen molar-refractivity contribution in [1.29, 1.82) is 0 Å². The number of rotatable bonds is 8. The normalized spacial score (nSPS) is 12.5. The van der Waals surface area contributed by atoms with E-state index in [9.17, 15) is 0 Å². The monoisotopic (exact) mass is 197 g/mol. The van der Waals surface area contributed by atoms with Crippen LogP contribution in [0.2, 0.25) is 0 Å². The predicted molar refractivity (Wildman–Crippen MR) is 65.6 cm³/mol. The van der Waals surface area contributed by atoms with Crippen molar-refractivity contribution in [3.05, 3.63) is 11.6 Å². The molecular weight excluding hydrogens is 170 g/mol. The van der Waals surface area contributed by atoms with Gasteiger partial charge < -0.3 is 5.32 Å². The molecular formula is C13H27N. The first kappa shape index (κ1) is 13.7. The van der Waals surface area contributed by atoms with E-state index in [2.05, 4.69) is 39.1 Å². The van der Waals surface area contributed by atoms with Gasteiger partial charge in [0.1, 0.15) is 0 Å². The molecule has 0 atom stereocenters. The number of hydrogen-bond acceptors (Lipinski definition) is 1. The Morgan fingerprint density at radius 1 is 1.21 bits per heavy atom. The van der Waals surface area contributed by atoms with Gasteiger partial charge in [0.15, 0.2) is 0 Å². The number of hydrogen-bond donors (Lipinski definition) is 1. The summed E-state index contributed by atoms with van der Waals surface area (Å²) in [6.07, 6.45) is 7.49. The summed E-state index contributed by atoms with van der Waals surface area (Å²) in [6, 6.07) is 0. The molecule has 0 aromatic heterocycles. The van der Waals surface area contributed by atoms with Gasteiger partial charge in [0, 0.05) is 0 Å². The number of nitrogens with one attached hydrogen (secondary N) is 1. The Morgan fingerprint density at radius 2 is 1.86 bits per heavy atom. The minimum Gasteiger partial charge on any atom is -0.317 e. The van der Waals surface area contributed by atoms with Crippen molar-refractivity contribution in [2.45, 2.75) is 53.4 Å². The zero-order valence-electron chi connectivity index (χ0n) is 10.4. The molecule has 0 saturated carbocycles. The van der Waals surface area contributed by atoms with Crippen LogP contribution < -0.4 is 5.32 Å². The highest BCUT2D eigenvalue weighted by Gasteiger charge is 2.03. The molecule has 1 nitrogen and oxygen atoms in total. The molecule has 0 unspecified atom stereocenters. The molecule has 0 aliphatic carbocycles. The van der Waals surface area contributed by atoms with E-state index in [0.717, 1.165) is 19.0 Å². The highest BCUT2D eigenvalue weighted by Crippen LogP contribution is 2.18. The molecule has 1 N–H and O–H groups in total. The molecule has 84 valence electrons. The fourth-order valence-corrected chi connectivity index (χ4v) is 1.71. The summed E-state index contributed by atoms with van der Waals surface area (Å²) >= 11 is 0. The maximum absolute atomic E-state index is 3.34. The Morgan fingerprint density at radius 3 is 2.36 bits per heavy atom. The van der Waals surface area contributed by atoms with Crippen LogP contribution in [0.3, 0.4) is 0 Å². The molecule has 0 aromatic rings. The third-order valence-corrected chi connectivity index (χ3v) is 2.83. The maximum atomic E-state index is 3.34. The summed E-state index contributed by atoms with van der Waals surface area (Å²) in [5.74, 6) is 0.894. The SMILES string of the molecule is CCNCC/C=C(/C)CC(CC)CC. The molecule has 0 aliphatic rings. The molecule has 0 spiro atoms. The fraction of sp³-hybridized carbons (Fsp3) is 0.846. The van der Waals surface area contributed by atoms with Gasteiger partial charge in [0.05, 0.1) is 0 Å². The first-order valence-electron chi connectivity index (χ1n) is 6.10. The van der Waals surface area contributed by atoms with Gasteiger partial charge in [-0.1, -0.05) is 45.3 Å². The summed E-state index contributed by atoms with van der Waals surface area (Å²) < 4.78 is 0. The quantitative estimate of drug-likeness (QED) is 0.461. The second-order valence-electron chi connectivity index (χ2n) is 4.08. The largest absolute Gasteiger partial charge is 0.317 e. The molecule has 0 amide bonds. The molecule has 0 bridgehead atoms. The van der Waals surface area contributed by atoms with Gasteiger partial charge in [-0.15, -0.1) is 0 Å². The molecule has 0 saturated heterocycles. The van der Waals surface area contributed by atoms with Crippen molar-refractivity contribution < 1.29 is 0 Å².